The molecule has 66 valence electrons. The Balaban J connectivity index is 3.20. The second-order valence-electron chi connectivity index (χ2n) is 2.25. The molecule has 0 unspecified atom stereocenters. The molecule has 0 heterocycles. The van der Waals surface area contributed by atoms with Gasteiger partial charge in [-0.15, -0.1) is 0 Å². The molecule has 0 aliphatic rings. The Bertz CT molecular complexity index is 273. The lowest BCUT2D eigenvalue weighted by molar-refractivity contribution is 1.25. The van der Waals surface area contributed by atoms with Gasteiger partial charge in [0.15, 0.2) is 0 Å². The van der Waals surface area contributed by atoms with E-state index in [0.29, 0.717) is 10.4 Å². The van der Waals surface area contributed by atoms with Crippen LogP contribution in [0.15, 0.2) is 18.2 Å². The normalized spacial score (nSPS) is 10.8. The standard InChI is InChI=1S/C8H6BrCl3/c9-4-5-2-1-3-6(10)7(5)8(11)12/h1-3,8H,4H2. The van der Waals surface area contributed by atoms with Gasteiger partial charge in [-0.25, -0.2) is 0 Å². The molecule has 0 spiro atoms. The lowest BCUT2D eigenvalue weighted by Crippen LogP contribution is -1.91. The monoisotopic (exact) mass is 286 g/mol. The highest BCUT2D eigenvalue weighted by Crippen LogP contribution is 2.34. The number of halogens is 4. The second kappa shape index (κ2) is 4.71. The molecule has 4 heteroatoms. The fourth-order valence-corrected chi connectivity index (χ4v) is 2.36. The Kier molecular flexibility index (Phi) is 4.18. The summed E-state index contributed by atoms with van der Waals surface area (Å²) in [4.78, 5) is -0.564. The van der Waals surface area contributed by atoms with E-state index >= 15 is 0 Å². The van der Waals surface area contributed by atoms with Gasteiger partial charge in [0.25, 0.3) is 0 Å². The van der Waals surface area contributed by atoms with Crippen LogP contribution >= 0.6 is 50.7 Å². The average molecular weight is 288 g/mol. The van der Waals surface area contributed by atoms with Gasteiger partial charge in [-0.2, -0.15) is 0 Å². The summed E-state index contributed by atoms with van der Waals surface area (Å²) in [7, 11) is 0. The molecule has 12 heavy (non-hydrogen) atoms. The lowest BCUT2D eigenvalue weighted by atomic mass is 10.1. The van der Waals surface area contributed by atoms with Gasteiger partial charge in [-0.1, -0.05) is 62.9 Å². The van der Waals surface area contributed by atoms with Gasteiger partial charge in [0.1, 0.15) is 4.84 Å². The maximum atomic E-state index is 5.91. The summed E-state index contributed by atoms with van der Waals surface area (Å²) in [5, 5.41) is 1.32. The van der Waals surface area contributed by atoms with Crippen molar-refractivity contribution in [2.45, 2.75) is 10.2 Å². The van der Waals surface area contributed by atoms with Crippen molar-refractivity contribution in [1.82, 2.24) is 0 Å². The van der Waals surface area contributed by atoms with Gasteiger partial charge in [0, 0.05) is 15.9 Å². The summed E-state index contributed by atoms with van der Waals surface area (Å²) in [6.45, 7) is 0. The van der Waals surface area contributed by atoms with Crippen LogP contribution in [-0.4, -0.2) is 0 Å². The molecule has 1 aromatic carbocycles. The van der Waals surface area contributed by atoms with Crippen LogP contribution in [0.5, 0.6) is 0 Å². The summed E-state index contributed by atoms with van der Waals surface area (Å²) in [5.41, 5.74) is 1.82. The summed E-state index contributed by atoms with van der Waals surface area (Å²) in [6, 6.07) is 5.59. The van der Waals surface area contributed by atoms with Crippen molar-refractivity contribution in [2.24, 2.45) is 0 Å². The molecular weight excluding hydrogens is 282 g/mol. The van der Waals surface area contributed by atoms with Crippen molar-refractivity contribution in [2.75, 3.05) is 0 Å². The van der Waals surface area contributed by atoms with Crippen molar-refractivity contribution in [3.8, 4) is 0 Å². The van der Waals surface area contributed by atoms with Crippen LogP contribution < -0.4 is 0 Å². The van der Waals surface area contributed by atoms with Crippen LogP contribution in [0.3, 0.4) is 0 Å². The zero-order chi connectivity index (χ0) is 9.14. The summed E-state index contributed by atoms with van der Waals surface area (Å²) < 4.78 is 0. The second-order valence-corrected chi connectivity index (χ2v) is 4.31. The number of benzene rings is 1. The number of hydrogen-bond acceptors (Lipinski definition) is 0. The van der Waals surface area contributed by atoms with E-state index in [0.717, 1.165) is 11.1 Å². The first-order valence-corrected chi connectivity index (χ1v) is 5.65. The maximum Gasteiger partial charge on any atom is 0.134 e. The molecule has 0 N–H and O–H groups in total. The SMILES string of the molecule is Clc1cccc(CBr)c1C(Cl)Cl. The van der Waals surface area contributed by atoms with Crippen LogP contribution in [0.4, 0.5) is 0 Å². The third kappa shape index (κ3) is 2.29. The van der Waals surface area contributed by atoms with Crippen molar-refractivity contribution < 1.29 is 0 Å². The number of hydrogen-bond donors (Lipinski definition) is 0. The van der Waals surface area contributed by atoms with Gasteiger partial charge in [-0.05, 0) is 11.6 Å². The minimum Gasteiger partial charge on any atom is -0.1000 e. The van der Waals surface area contributed by atoms with E-state index in [4.69, 9.17) is 34.8 Å². The van der Waals surface area contributed by atoms with Crippen LogP contribution in [-0.2, 0) is 5.33 Å². The predicted octanol–water partition coefficient (Wildman–Crippen LogP) is 4.71. The highest BCUT2D eigenvalue weighted by molar-refractivity contribution is 9.08. The molecule has 0 aromatic heterocycles. The Morgan fingerprint density at radius 1 is 1.33 bits per heavy atom. The molecule has 1 rings (SSSR count). The van der Waals surface area contributed by atoms with Crippen LogP contribution in [0.1, 0.15) is 16.0 Å². The molecule has 0 aliphatic heterocycles. The Morgan fingerprint density at radius 3 is 2.42 bits per heavy atom. The molecule has 0 fully saturated rings. The maximum absolute atomic E-state index is 5.91. The first kappa shape index (κ1) is 10.6. The molecule has 0 bridgehead atoms. The molecule has 0 atom stereocenters. The predicted molar refractivity (Wildman–Crippen MR) is 58.5 cm³/mol. The number of rotatable bonds is 2. The van der Waals surface area contributed by atoms with Crippen LogP contribution in [0, 0.1) is 0 Å². The van der Waals surface area contributed by atoms with E-state index in [-0.39, 0.29) is 0 Å². The van der Waals surface area contributed by atoms with Gasteiger partial charge in [-0.3, -0.25) is 0 Å². The zero-order valence-electron chi connectivity index (χ0n) is 6.03. The van der Waals surface area contributed by atoms with Gasteiger partial charge < -0.3 is 0 Å². The Labute approximate surface area is 94.9 Å². The quantitative estimate of drug-likeness (QED) is 0.691. The lowest BCUT2D eigenvalue weighted by Gasteiger charge is -2.09. The van der Waals surface area contributed by atoms with Gasteiger partial charge in [0.05, 0.1) is 0 Å². The van der Waals surface area contributed by atoms with E-state index in [9.17, 15) is 0 Å². The molecule has 0 radical (unpaired) electrons. The zero-order valence-corrected chi connectivity index (χ0v) is 9.88. The fraction of sp³-hybridized carbons (Fsp3) is 0.250. The van der Waals surface area contributed by atoms with E-state index < -0.39 is 4.84 Å². The van der Waals surface area contributed by atoms with Crippen molar-refractivity contribution in [1.29, 1.82) is 0 Å². The molecule has 0 saturated heterocycles. The van der Waals surface area contributed by atoms with E-state index in [1.165, 1.54) is 0 Å². The van der Waals surface area contributed by atoms with Gasteiger partial charge >= 0.3 is 0 Å². The molecule has 0 aliphatic carbocycles. The van der Waals surface area contributed by atoms with Crippen LogP contribution in [0.2, 0.25) is 5.02 Å². The summed E-state index contributed by atoms with van der Waals surface area (Å²) in [6.07, 6.45) is 0. The van der Waals surface area contributed by atoms with Crippen molar-refractivity contribution in [3.63, 3.8) is 0 Å². The van der Waals surface area contributed by atoms with Crippen molar-refractivity contribution >= 4 is 50.7 Å². The third-order valence-corrected chi connectivity index (χ3v) is 2.88. The van der Waals surface area contributed by atoms with Crippen LogP contribution in [0.25, 0.3) is 0 Å². The largest absolute Gasteiger partial charge is 0.134 e. The Hall–Kier alpha value is 0.570. The smallest absolute Gasteiger partial charge is 0.1000 e. The van der Waals surface area contributed by atoms with E-state index in [2.05, 4.69) is 15.9 Å². The molecule has 0 saturated carbocycles. The highest BCUT2D eigenvalue weighted by atomic mass is 79.9. The molecule has 0 amide bonds. The molecule has 0 nitrogen and oxygen atoms in total. The summed E-state index contributed by atoms with van der Waals surface area (Å²) >= 11 is 20.8. The average Bonchev–Trinajstić information content (AvgIpc) is 2.03. The topological polar surface area (TPSA) is 0 Å². The third-order valence-electron chi connectivity index (χ3n) is 1.51. The molecular formula is C8H6BrCl3. The first-order chi connectivity index (χ1) is 5.66. The minimum atomic E-state index is -0.564. The van der Waals surface area contributed by atoms with E-state index in [1.54, 1.807) is 6.07 Å². The van der Waals surface area contributed by atoms with E-state index in [1.807, 2.05) is 12.1 Å². The minimum absolute atomic E-state index is 0.564. The first-order valence-electron chi connectivity index (χ1n) is 3.28. The molecule has 1 aromatic rings. The highest BCUT2D eigenvalue weighted by Gasteiger charge is 2.12. The fourth-order valence-electron chi connectivity index (χ4n) is 0.943. The summed E-state index contributed by atoms with van der Waals surface area (Å²) in [5.74, 6) is 0. The Morgan fingerprint density at radius 2 is 2.00 bits per heavy atom. The van der Waals surface area contributed by atoms with Crippen molar-refractivity contribution in [3.05, 3.63) is 34.3 Å². The number of alkyl halides is 3. The van der Waals surface area contributed by atoms with Gasteiger partial charge in [0.2, 0.25) is 0 Å².